The predicted octanol–water partition coefficient (Wildman–Crippen LogP) is 2.18. The molecule has 2 amide bonds. The zero-order chi connectivity index (χ0) is 19.4. The smallest absolute Gasteiger partial charge is 0.308 e. The lowest BCUT2D eigenvalue weighted by Crippen LogP contribution is -2.53. The average Bonchev–Trinajstić information content (AvgIpc) is 2.68. The van der Waals surface area contributed by atoms with E-state index in [-0.39, 0.29) is 30.3 Å². The number of carbonyl (C=O) groups is 3. The Kier molecular flexibility index (Phi) is 6.14. The number of carboxylic acids is 1. The Hall–Kier alpha value is -2.37. The van der Waals surface area contributed by atoms with Crippen LogP contribution in [0.25, 0.3) is 0 Å². The Morgan fingerprint density at radius 2 is 1.78 bits per heavy atom. The number of carbonyl (C=O) groups excluding carboxylic acids is 2. The minimum absolute atomic E-state index is 0.00524. The van der Waals surface area contributed by atoms with Crippen LogP contribution in [-0.2, 0) is 20.8 Å². The van der Waals surface area contributed by atoms with Gasteiger partial charge in [0.05, 0.1) is 18.3 Å². The van der Waals surface area contributed by atoms with Crippen molar-refractivity contribution in [2.75, 3.05) is 19.6 Å². The zero-order valence-corrected chi connectivity index (χ0v) is 15.8. The van der Waals surface area contributed by atoms with E-state index >= 15 is 0 Å². The monoisotopic (exact) mass is 372 g/mol. The molecule has 6 nitrogen and oxygen atoms in total. The summed E-state index contributed by atoms with van der Waals surface area (Å²) in [6, 6.07) is 9.69. The van der Waals surface area contributed by atoms with Crippen molar-refractivity contribution in [1.29, 1.82) is 0 Å². The molecule has 0 radical (unpaired) electrons. The summed E-state index contributed by atoms with van der Waals surface area (Å²) in [4.78, 5) is 40.6. The van der Waals surface area contributed by atoms with Gasteiger partial charge in [-0.15, -0.1) is 0 Å². The van der Waals surface area contributed by atoms with Gasteiger partial charge in [-0.25, -0.2) is 0 Å². The Bertz CT molecular complexity index is 691. The molecule has 3 rings (SSSR count). The summed E-state index contributed by atoms with van der Waals surface area (Å²) in [6.07, 6.45) is 3.25. The summed E-state index contributed by atoms with van der Waals surface area (Å²) in [6.45, 7) is 3.38. The maximum atomic E-state index is 13.1. The lowest BCUT2D eigenvalue weighted by atomic mass is 9.90. The van der Waals surface area contributed by atoms with Crippen LogP contribution in [0.5, 0.6) is 0 Å². The molecule has 0 aromatic heterocycles. The molecular weight excluding hydrogens is 344 g/mol. The minimum atomic E-state index is -0.831. The number of hydrogen-bond acceptors (Lipinski definition) is 3. The normalized spacial score (nSPS) is 25.9. The van der Waals surface area contributed by atoms with E-state index in [0.29, 0.717) is 32.4 Å². The number of aliphatic carboxylic acids is 1. The molecule has 2 aliphatic rings. The molecule has 1 aromatic carbocycles. The highest BCUT2D eigenvalue weighted by molar-refractivity contribution is 5.83. The number of amides is 2. The van der Waals surface area contributed by atoms with E-state index in [2.05, 4.69) is 0 Å². The van der Waals surface area contributed by atoms with Crippen LogP contribution in [-0.4, -0.2) is 58.4 Å². The summed E-state index contributed by atoms with van der Waals surface area (Å²) in [5, 5.41) is 9.30. The summed E-state index contributed by atoms with van der Waals surface area (Å²) in [5.41, 5.74) is 0.977. The molecule has 3 atom stereocenters. The average molecular weight is 372 g/mol. The van der Waals surface area contributed by atoms with Gasteiger partial charge in [-0.1, -0.05) is 30.3 Å². The number of carboxylic acid groups (broad SMARTS) is 1. The second kappa shape index (κ2) is 8.55. The number of hydrogen-bond donors (Lipinski definition) is 1. The van der Waals surface area contributed by atoms with Gasteiger partial charge in [-0.3, -0.25) is 14.4 Å². The summed E-state index contributed by atoms with van der Waals surface area (Å²) < 4.78 is 0. The first kappa shape index (κ1) is 19.4. The topological polar surface area (TPSA) is 77.9 Å². The molecule has 0 saturated carbocycles. The molecule has 2 aliphatic heterocycles. The van der Waals surface area contributed by atoms with Crippen LogP contribution >= 0.6 is 0 Å². The molecule has 27 heavy (non-hydrogen) atoms. The third-order valence-corrected chi connectivity index (χ3v) is 5.84. The fraction of sp³-hybridized carbons (Fsp3) is 0.571. The quantitative estimate of drug-likeness (QED) is 0.879. The zero-order valence-electron chi connectivity index (χ0n) is 15.8. The minimum Gasteiger partial charge on any atom is -0.481 e. The third kappa shape index (κ3) is 4.67. The molecule has 0 bridgehead atoms. The lowest BCUT2D eigenvalue weighted by Gasteiger charge is -2.41. The van der Waals surface area contributed by atoms with Crippen molar-refractivity contribution in [2.45, 2.75) is 45.1 Å². The number of nitrogens with zero attached hydrogens (tertiary/aromatic N) is 2. The van der Waals surface area contributed by atoms with Gasteiger partial charge in [-0.2, -0.15) is 0 Å². The number of likely N-dealkylation sites (tertiary alicyclic amines) is 2. The van der Waals surface area contributed by atoms with Gasteiger partial charge >= 0.3 is 5.97 Å². The Morgan fingerprint density at radius 3 is 2.48 bits per heavy atom. The maximum Gasteiger partial charge on any atom is 0.308 e. The van der Waals surface area contributed by atoms with Crippen molar-refractivity contribution in [1.82, 2.24) is 9.80 Å². The fourth-order valence-electron chi connectivity index (χ4n) is 4.14. The van der Waals surface area contributed by atoms with E-state index in [1.807, 2.05) is 37.3 Å². The molecule has 6 heteroatoms. The first-order valence-corrected chi connectivity index (χ1v) is 9.80. The van der Waals surface area contributed by atoms with Gasteiger partial charge in [0.2, 0.25) is 11.8 Å². The molecule has 1 aromatic rings. The second-order valence-electron chi connectivity index (χ2n) is 7.79. The van der Waals surface area contributed by atoms with E-state index in [1.54, 1.807) is 9.80 Å². The Morgan fingerprint density at radius 1 is 1.04 bits per heavy atom. The molecule has 2 saturated heterocycles. The van der Waals surface area contributed by atoms with Crippen LogP contribution < -0.4 is 0 Å². The highest BCUT2D eigenvalue weighted by Crippen LogP contribution is 2.27. The van der Waals surface area contributed by atoms with E-state index < -0.39 is 11.9 Å². The molecular formula is C21H28N2O4. The highest BCUT2D eigenvalue weighted by atomic mass is 16.4. The Balaban J connectivity index is 1.62. The van der Waals surface area contributed by atoms with Gasteiger partial charge in [0.15, 0.2) is 0 Å². The first-order chi connectivity index (χ1) is 13.0. The first-order valence-electron chi connectivity index (χ1n) is 9.80. The van der Waals surface area contributed by atoms with Crippen molar-refractivity contribution >= 4 is 17.8 Å². The van der Waals surface area contributed by atoms with Crippen molar-refractivity contribution in [3.63, 3.8) is 0 Å². The van der Waals surface area contributed by atoms with Crippen molar-refractivity contribution < 1.29 is 19.5 Å². The van der Waals surface area contributed by atoms with Crippen molar-refractivity contribution in [3.05, 3.63) is 35.9 Å². The molecule has 0 aliphatic carbocycles. The summed E-state index contributed by atoms with van der Waals surface area (Å²) in [5.74, 6) is -1.49. The number of piperidine rings is 2. The SMILES string of the molecule is CC1CCC(C(=O)O)CN1C(=O)C1CCCN(C(=O)Cc2ccccc2)C1. The van der Waals surface area contributed by atoms with Crippen LogP contribution in [0.4, 0.5) is 0 Å². The molecule has 2 fully saturated rings. The van der Waals surface area contributed by atoms with Crippen LogP contribution in [0.1, 0.15) is 38.2 Å². The van der Waals surface area contributed by atoms with Gasteiger partial charge in [0.25, 0.3) is 0 Å². The van der Waals surface area contributed by atoms with Crippen molar-refractivity contribution in [3.8, 4) is 0 Å². The van der Waals surface area contributed by atoms with Crippen LogP contribution in [0.2, 0.25) is 0 Å². The maximum absolute atomic E-state index is 13.1. The third-order valence-electron chi connectivity index (χ3n) is 5.84. The van der Waals surface area contributed by atoms with Gasteiger partial charge in [0, 0.05) is 25.7 Å². The van der Waals surface area contributed by atoms with Crippen LogP contribution in [0.15, 0.2) is 30.3 Å². The molecule has 3 unspecified atom stereocenters. The second-order valence-corrected chi connectivity index (χ2v) is 7.79. The van der Waals surface area contributed by atoms with E-state index in [0.717, 1.165) is 18.4 Å². The molecule has 146 valence electrons. The lowest BCUT2D eigenvalue weighted by molar-refractivity contribution is -0.149. The fourth-order valence-corrected chi connectivity index (χ4v) is 4.14. The molecule has 0 spiro atoms. The highest BCUT2D eigenvalue weighted by Gasteiger charge is 2.37. The predicted molar refractivity (Wildman–Crippen MR) is 101 cm³/mol. The van der Waals surface area contributed by atoms with E-state index in [9.17, 15) is 19.5 Å². The molecule has 1 N–H and O–H groups in total. The van der Waals surface area contributed by atoms with Crippen molar-refractivity contribution in [2.24, 2.45) is 11.8 Å². The summed E-state index contributed by atoms with van der Waals surface area (Å²) >= 11 is 0. The van der Waals surface area contributed by atoms with Crippen LogP contribution in [0, 0.1) is 11.8 Å². The van der Waals surface area contributed by atoms with Gasteiger partial charge in [0.1, 0.15) is 0 Å². The van der Waals surface area contributed by atoms with Crippen LogP contribution in [0.3, 0.4) is 0 Å². The standard InChI is InChI=1S/C21H28N2O4/c1-15-9-10-18(21(26)27)14-23(15)20(25)17-8-5-11-22(13-17)19(24)12-16-6-3-2-4-7-16/h2-4,6-7,15,17-18H,5,8-14H2,1H3,(H,26,27). The van der Waals surface area contributed by atoms with Gasteiger partial charge in [-0.05, 0) is 38.2 Å². The van der Waals surface area contributed by atoms with E-state index in [4.69, 9.17) is 0 Å². The Labute approximate surface area is 160 Å². The summed E-state index contributed by atoms with van der Waals surface area (Å²) in [7, 11) is 0. The number of benzene rings is 1. The number of rotatable bonds is 4. The largest absolute Gasteiger partial charge is 0.481 e. The molecule has 2 heterocycles. The van der Waals surface area contributed by atoms with Gasteiger partial charge < -0.3 is 14.9 Å². The van der Waals surface area contributed by atoms with E-state index in [1.165, 1.54) is 0 Å².